The Morgan fingerprint density at radius 1 is 0.614 bits per heavy atom. The van der Waals surface area contributed by atoms with Crippen molar-refractivity contribution in [2.45, 2.75) is 39.5 Å². The van der Waals surface area contributed by atoms with Crippen molar-refractivity contribution in [2.24, 2.45) is 11.8 Å². The van der Waals surface area contributed by atoms with Crippen molar-refractivity contribution in [1.29, 1.82) is 0 Å². The zero-order valence-electron chi connectivity index (χ0n) is 24.7. The highest BCUT2D eigenvalue weighted by atomic mass is 16.4. The molecule has 0 aliphatic heterocycles. The van der Waals surface area contributed by atoms with E-state index in [0.717, 1.165) is 57.6 Å². The molecule has 2 N–H and O–H groups in total. The normalized spacial score (nSPS) is 19.7. The molecule has 2 atom stereocenters. The highest BCUT2D eigenvalue weighted by molar-refractivity contribution is 6.07. The third-order valence-electron chi connectivity index (χ3n) is 8.88. The molecule has 0 amide bonds. The van der Waals surface area contributed by atoms with Gasteiger partial charge < -0.3 is 10.2 Å². The van der Waals surface area contributed by atoms with Gasteiger partial charge in [-0.1, -0.05) is 74.5 Å². The number of carbonyl (C=O) groups is 2. The first-order chi connectivity index (χ1) is 21.3. The van der Waals surface area contributed by atoms with E-state index in [-0.39, 0.29) is 0 Å². The van der Waals surface area contributed by atoms with Crippen LogP contribution in [0.15, 0.2) is 72.8 Å². The van der Waals surface area contributed by atoms with Crippen LogP contribution in [0.25, 0.3) is 45.1 Å². The lowest BCUT2D eigenvalue weighted by Crippen LogP contribution is -2.17. The quantitative estimate of drug-likeness (QED) is 0.221. The van der Waals surface area contributed by atoms with Crippen molar-refractivity contribution in [2.75, 3.05) is 0 Å². The predicted molar refractivity (Wildman–Crippen MR) is 175 cm³/mol. The third-order valence-corrected chi connectivity index (χ3v) is 8.88. The van der Waals surface area contributed by atoms with Crippen LogP contribution in [0.4, 0.5) is 0 Å². The lowest BCUT2D eigenvalue weighted by molar-refractivity contribution is 0.0686. The molecule has 0 spiro atoms. The van der Waals surface area contributed by atoms with E-state index in [1.165, 1.54) is 0 Å². The van der Waals surface area contributed by atoms with Gasteiger partial charge in [0.05, 0.1) is 33.5 Å². The van der Waals surface area contributed by atoms with Crippen molar-refractivity contribution in [1.82, 2.24) is 9.97 Å². The van der Waals surface area contributed by atoms with E-state index >= 15 is 0 Å². The van der Waals surface area contributed by atoms with Gasteiger partial charge in [0, 0.05) is 10.8 Å². The number of fused-ring (bicyclic) bond motifs is 4. The van der Waals surface area contributed by atoms with Crippen LogP contribution in [0.1, 0.15) is 81.0 Å². The number of hydrogen-bond acceptors (Lipinski definition) is 4. The Labute approximate surface area is 255 Å². The molecule has 0 saturated carbocycles. The third kappa shape index (κ3) is 4.86. The predicted octanol–water partition coefficient (Wildman–Crippen LogP) is 8.43. The lowest BCUT2D eigenvalue weighted by atomic mass is 9.80. The molecule has 0 fully saturated rings. The maximum atomic E-state index is 12.4. The average molecular weight is 581 g/mol. The fourth-order valence-corrected chi connectivity index (χ4v) is 7.05. The molecule has 6 heteroatoms. The van der Waals surface area contributed by atoms with Crippen molar-refractivity contribution in [3.8, 4) is 0 Å². The number of aromatic carboxylic acids is 2. The molecule has 7 rings (SSSR count). The molecule has 218 valence electrons. The summed E-state index contributed by atoms with van der Waals surface area (Å²) in [5, 5.41) is 21.7. The minimum absolute atomic E-state index is 0.298. The van der Waals surface area contributed by atoms with Gasteiger partial charge in [-0.3, -0.25) is 0 Å². The first-order valence-corrected chi connectivity index (χ1v) is 15.1. The van der Waals surface area contributed by atoms with Gasteiger partial charge >= 0.3 is 11.9 Å². The van der Waals surface area contributed by atoms with Crippen molar-refractivity contribution in [3.63, 3.8) is 0 Å². The minimum atomic E-state index is -0.915. The molecule has 44 heavy (non-hydrogen) atoms. The van der Waals surface area contributed by atoms with Gasteiger partial charge in [0.1, 0.15) is 0 Å². The monoisotopic (exact) mass is 580 g/mol. The minimum Gasteiger partial charge on any atom is -0.478 e. The molecule has 6 nitrogen and oxygen atoms in total. The number of allylic oxidation sites excluding steroid dienone is 2. The summed E-state index contributed by atoms with van der Waals surface area (Å²) in [7, 11) is 0. The Morgan fingerprint density at radius 2 is 1.00 bits per heavy atom. The number of carboxylic acids is 2. The Kier molecular flexibility index (Phi) is 6.85. The molecule has 0 bridgehead atoms. The zero-order valence-corrected chi connectivity index (χ0v) is 24.7. The van der Waals surface area contributed by atoms with Crippen LogP contribution < -0.4 is 0 Å². The highest BCUT2D eigenvalue weighted by Crippen LogP contribution is 2.40. The summed E-state index contributed by atoms with van der Waals surface area (Å²) >= 11 is 0. The second kappa shape index (κ2) is 10.9. The van der Waals surface area contributed by atoms with Crippen LogP contribution in [-0.2, 0) is 12.8 Å². The zero-order chi connectivity index (χ0) is 30.5. The second-order valence-electron chi connectivity index (χ2n) is 12.3. The van der Waals surface area contributed by atoms with E-state index in [1.54, 1.807) is 0 Å². The van der Waals surface area contributed by atoms with Gasteiger partial charge in [-0.05, 0) is 95.2 Å². The maximum Gasteiger partial charge on any atom is 0.336 e. The van der Waals surface area contributed by atoms with Crippen molar-refractivity contribution < 1.29 is 19.8 Å². The number of carboxylic acid groups (broad SMARTS) is 2. The topological polar surface area (TPSA) is 100 Å². The summed E-state index contributed by atoms with van der Waals surface area (Å²) in [6.07, 6.45) is 7.27. The molecule has 0 unspecified atom stereocenters. The first kappa shape index (κ1) is 27.7. The molecule has 2 aliphatic carbocycles. The van der Waals surface area contributed by atoms with Crippen LogP contribution in [0.2, 0.25) is 0 Å². The molecular weight excluding hydrogens is 548 g/mol. The van der Waals surface area contributed by atoms with Crippen LogP contribution >= 0.6 is 0 Å². The number of benzene rings is 3. The number of nitrogens with zero attached hydrogens (tertiary/aromatic N) is 2. The standard InChI is InChI=1S/C38H32N2O4/c1-21-15-25(35-29(17-21)33(37(41)42)27-7-3-5-9-31(27)39-35)19-23-11-13-24(14-12-23)20-26-16-22(2)18-30-34(38(43)44)28-8-4-6-10-32(28)40-36(26)30/h3-14,19-22H,15-18H2,1-2H3,(H,41,42)(H,43,44)/b25-19-,26-20+/t21-,22-/m0/s1. The van der Waals surface area contributed by atoms with E-state index in [2.05, 4.69) is 50.3 Å². The van der Waals surface area contributed by atoms with Gasteiger partial charge in [0.25, 0.3) is 0 Å². The molecule has 0 radical (unpaired) electrons. The molecule has 2 heterocycles. The fraction of sp³-hybridized carbons (Fsp3) is 0.211. The number of rotatable bonds is 4. The van der Waals surface area contributed by atoms with Gasteiger partial charge in [-0.15, -0.1) is 0 Å². The first-order valence-electron chi connectivity index (χ1n) is 15.1. The highest BCUT2D eigenvalue weighted by Gasteiger charge is 2.29. The van der Waals surface area contributed by atoms with Crippen molar-refractivity contribution in [3.05, 3.63) is 118 Å². The molecule has 0 saturated heterocycles. The van der Waals surface area contributed by atoms with Crippen LogP contribution in [0.3, 0.4) is 0 Å². The summed E-state index contributed by atoms with van der Waals surface area (Å²) in [6.45, 7) is 4.31. The van der Waals surface area contributed by atoms with Crippen LogP contribution in [0, 0.1) is 11.8 Å². The molecule has 2 aliphatic rings. The van der Waals surface area contributed by atoms with E-state index in [4.69, 9.17) is 9.97 Å². The van der Waals surface area contributed by atoms with Gasteiger partial charge in [0.2, 0.25) is 0 Å². The van der Waals surface area contributed by atoms with E-state index < -0.39 is 11.9 Å². The SMILES string of the molecule is C[C@H]1C/C(=C/c2ccc(/C=C3\C[C@H](C)Cc4c3nc3ccccc3c4C(=O)O)cc2)c2nc3ccccc3c(C(=O)O)c2C1. The number of para-hydroxylation sites is 2. The summed E-state index contributed by atoms with van der Waals surface area (Å²) < 4.78 is 0. The molecule has 5 aromatic rings. The maximum absolute atomic E-state index is 12.4. The molecular formula is C38H32N2O4. The van der Waals surface area contributed by atoms with E-state index in [1.807, 2.05) is 48.5 Å². The van der Waals surface area contributed by atoms with Gasteiger partial charge in [0.15, 0.2) is 0 Å². The summed E-state index contributed by atoms with van der Waals surface area (Å²) in [5.74, 6) is -1.23. The van der Waals surface area contributed by atoms with E-state index in [9.17, 15) is 19.8 Å². The van der Waals surface area contributed by atoms with Crippen LogP contribution in [0.5, 0.6) is 0 Å². The number of aromatic nitrogens is 2. The summed E-state index contributed by atoms with van der Waals surface area (Å²) in [6, 6.07) is 23.2. The van der Waals surface area contributed by atoms with E-state index in [0.29, 0.717) is 57.6 Å². The Morgan fingerprint density at radius 3 is 1.39 bits per heavy atom. The fourth-order valence-electron chi connectivity index (χ4n) is 7.05. The number of pyridine rings is 2. The largest absolute Gasteiger partial charge is 0.478 e. The van der Waals surface area contributed by atoms with Gasteiger partial charge in [-0.25, -0.2) is 19.6 Å². The van der Waals surface area contributed by atoms with Crippen molar-refractivity contribution >= 4 is 57.0 Å². The Bertz CT molecular complexity index is 1910. The molecule has 3 aromatic carbocycles. The summed E-state index contributed by atoms with van der Waals surface area (Å²) in [4.78, 5) is 34.7. The lowest BCUT2D eigenvalue weighted by Gasteiger charge is -2.26. The smallest absolute Gasteiger partial charge is 0.336 e. The average Bonchev–Trinajstić information content (AvgIpc) is 2.99. The van der Waals surface area contributed by atoms with Crippen LogP contribution in [-0.4, -0.2) is 32.1 Å². The summed E-state index contributed by atoms with van der Waals surface area (Å²) in [5.41, 5.74) is 9.43. The Hall–Kier alpha value is -5.10. The molecule has 2 aromatic heterocycles. The number of hydrogen-bond donors (Lipinski definition) is 2. The Balaban J connectivity index is 1.28. The second-order valence-corrected chi connectivity index (χ2v) is 12.3. The van der Waals surface area contributed by atoms with Gasteiger partial charge in [-0.2, -0.15) is 0 Å².